The van der Waals surface area contributed by atoms with Crippen molar-refractivity contribution in [3.05, 3.63) is 57.6 Å². The number of rotatable bonds is 7. The lowest BCUT2D eigenvalue weighted by atomic mass is 9.97. The van der Waals surface area contributed by atoms with E-state index >= 15 is 0 Å². The fourth-order valence-corrected chi connectivity index (χ4v) is 5.16. The fourth-order valence-electron chi connectivity index (χ4n) is 4.25. The highest BCUT2D eigenvalue weighted by atomic mass is 32.2. The van der Waals surface area contributed by atoms with Crippen molar-refractivity contribution in [1.82, 2.24) is 19.9 Å². The maximum atomic E-state index is 12.9. The number of nitrogens with zero attached hydrogens (tertiary/aromatic N) is 4. The first kappa shape index (κ1) is 21.9. The maximum absolute atomic E-state index is 12.9. The van der Waals surface area contributed by atoms with Gasteiger partial charge in [-0.2, -0.15) is 4.98 Å². The number of hydrogen-bond donors (Lipinski definition) is 1. The molecule has 7 nitrogen and oxygen atoms in total. The third-order valence-corrected chi connectivity index (χ3v) is 7.03. The van der Waals surface area contributed by atoms with Crippen LogP contribution in [0, 0.1) is 0 Å². The highest BCUT2D eigenvalue weighted by Gasteiger charge is 2.25. The molecule has 0 radical (unpaired) electrons. The molecule has 0 bridgehead atoms. The molecule has 1 aliphatic heterocycles. The Morgan fingerprint density at radius 3 is 2.61 bits per heavy atom. The summed E-state index contributed by atoms with van der Waals surface area (Å²) < 4.78 is 1.82. The first-order chi connectivity index (χ1) is 15.1. The summed E-state index contributed by atoms with van der Waals surface area (Å²) in [6, 6.07) is 10.1. The normalized spacial score (nSPS) is 16.7. The molecule has 2 heterocycles. The lowest BCUT2D eigenvalue weighted by Crippen LogP contribution is -2.55. The fraction of sp³-hybridized carbons (Fsp3) is 0.522. The van der Waals surface area contributed by atoms with Crippen molar-refractivity contribution in [2.24, 2.45) is 0 Å². The van der Waals surface area contributed by atoms with E-state index in [2.05, 4.69) is 39.4 Å². The summed E-state index contributed by atoms with van der Waals surface area (Å²) in [7, 11) is 2.11. The number of likely N-dealkylation sites (N-methyl/N-ethyl adjacent to an activating group) is 1. The van der Waals surface area contributed by atoms with Crippen LogP contribution in [0.5, 0.6) is 0 Å². The first-order valence-corrected chi connectivity index (χ1v) is 12.1. The summed E-state index contributed by atoms with van der Waals surface area (Å²) in [5, 5.41) is 5.86. The summed E-state index contributed by atoms with van der Waals surface area (Å²) >= 11 is 1.40. The molecule has 1 aliphatic carbocycles. The van der Waals surface area contributed by atoms with E-state index in [0.29, 0.717) is 6.54 Å². The number of hydrogen-bond acceptors (Lipinski definition) is 6. The van der Waals surface area contributed by atoms with Gasteiger partial charge in [-0.25, -0.2) is 9.47 Å². The minimum absolute atomic E-state index is 0.0180. The third kappa shape index (κ3) is 5.49. The van der Waals surface area contributed by atoms with E-state index in [-0.39, 0.29) is 17.3 Å². The number of thioether (sulfide) groups is 1. The van der Waals surface area contributed by atoms with Gasteiger partial charge in [0.1, 0.15) is 5.03 Å². The summed E-state index contributed by atoms with van der Waals surface area (Å²) in [6.07, 6.45) is 4.83. The second kappa shape index (κ2) is 10.3. The van der Waals surface area contributed by atoms with Gasteiger partial charge in [0.05, 0.1) is 11.4 Å². The number of nitrogens with one attached hydrogen (secondary N) is 1. The van der Waals surface area contributed by atoms with E-state index in [1.807, 2.05) is 22.9 Å². The molecule has 4 rings (SSSR count). The molecule has 1 aromatic carbocycles. The minimum Gasteiger partial charge on any atom is -0.355 e. The lowest BCUT2D eigenvalue weighted by molar-refractivity contribution is -0.118. The smallest absolute Gasteiger partial charge is 0.355 e. The van der Waals surface area contributed by atoms with Gasteiger partial charge in [0.15, 0.2) is 0 Å². The molecular weight excluding hydrogens is 410 g/mol. The van der Waals surface area contributed by atoms with Crippen molar-refractivity contribution in [3.8, 4) is 0 Å². The van der Waals surface area contributed by atoms with Crippen LogP contribution in [0.15, 0.2) is 40.2 Å². The molecule has 1 saturated heterocycles. The van der Waals surface area contributed by atoms with Crippen LogP contribution in [0.3, 0.4) is 0 Å². The van der Waals surface area contributed by atoms with Crippen molar-refractivity contribution in [3.63, 3.8) is 0 Å². The molecule has 8 heteroatoms. The van der Waals surface area contributed by atoms with Crippen LogP contribution < -0.4 is 16.0 Å². The Bertz CT molecular complexity index is 954. The molecule has 1 fully saturated rings. The highest BCUT2D eigenvalue weighted by Crippen LogP contribution is 2.28. The monoisotopic (exact) mass is 441 g/mol. The Hall–Kier alpha value is -2.32. The Kier molecular flexibility index (Phi) is 7.29. The zero-order valence-corrected chi connectivity index (χ0v) is 19.0. The van der Waals surface area contributed by atoms with Crippen LogP contribution in [-0.4, -0.2) is 66.0 Å². The topological polar surface area (TPSA) is 70.5 Å². The predicted molar refractivity (Wildman–Crippen MR) is 124 cm³/mol. The Balaban J connectivity index is 1.41. The number of carbonyl (C=O) groups is 1. The third-order valence-electron chi connectivity index (χ3n) is 6.01. The Labute approximate surface area is 187 Å². The van der Waals surface area contributed by atoms with E-state index < -0.39 is 0 Å². The first-order valence-electron chi connectivity index (χ1n) is 11.1. The number of benzene rings is 1. The molecule has 0 atom stereocenters. The van der Waals surface area contributed by atoms with Crippen LogP contribution in [0.1, 0.15) is 29.7 Å². The van der Waals surface area contributed by atoms with E-state index in [0.717, 1.165) is 74.6 Å². The highest BCUT2D eigenvalue weighted by molar-refractivity contribution is 7.99. The van der Waals surface area contributed by atoms with Crippen LogP contribution in [0.25, 0.3) is 0 Å². The SMILES string of the molecule is CN1CCN(n2c3c(c(SCC(=O)NCCc4ccccc4)nc2=O)CCCC3)CC1. The molecule has 0 unspecified atom stereocenters. The summed E-state index contributed by atoms with van der Waals surface area (Å²) in [6.45, 7) is 4.17. The number of fused-ring (bicyclic) bond motifs is 1. The lowest BCUT2D eigenvalue weighted by Gasteiger charge is -2.37. The average Bonchev–Trinajstić information content (AvgIpc) is 2.79. The van der Waals surface area contributed by atoms with Gasteiger partial charge >= 0.3 is 5.69 Å². The molecule has 1 N–H and O–H groups in total. The van der Waals surface area contributed by atoms with Crippen molar-refractivity contribution in [1.29, 1.82) is 0 Å². The standard InChI is InChI=1S/C23H31N5O2S/c1-26-13-15-27(16-14-26)28-20-10-6-5-9-19(20)22(25-23(28)30)31-17-21(29)24-12-11-18-7-3-2-4-8-18/h2-4,7-8H,5-6,9-17H2,1H3,(H,24,29). The number of carbonyl (C=O) groups excluding carboxylic acids is 1. The summed E-state index contributed by atoms with van der Waals surface area (Å²) in [5.74, 6) is 0.266. The number of piperazine rings is 1. The van der Waals surface area contributed by atoms with E-state index in [4.69, 9.17) is 0 Å². The molecular formula is C23H31N5O2S. The van der Waals surface area contributed by atoms with Crippen LogP contribution in [-0.2, 0) is 24.1 Å². The van der Waals surface area contributed by atoms with Gasteiger partial charge in [-0.05, 0) is 44.7 Å². The molecule has 0 spiro atoms. The summed E-state index contributed by atoms with van der Waals surface area (Å²) in [5.41, 5.74) is 3.26. The zero-order valence-electron chi connectivity index (χ0n) is 18.2. The van der Waals surface area contributed by atoms with E-state index in [9.17, 15) is 9.59 Å². The largest absolute Gasteiger partial charge is 0.367 e. The van der Waals surface area contributed by atoms with Crippen molar-refractivity contribution in [2.75, 3.05) is 50.5 Å². The second-order valence-electron chi connectivity index (χ2n) is 8.27. The van der Waals surface area contributed by atoms with E-state index in [1.54, 1.807) is 0 Å². The van der Waals surface area contributed by atoms with Gasteiger partial charge in [0.2, 0.25) is 5.91 Å². The molecule has 2 aliphatic rings. The van der Waals surface area contributed by atoms with Gasteiger partial charge in [-0.3, -0.25) is 4.79 Å². The van der Waals surface area contributed by atoms with Crippen molar-refractivity contribution >= 4 is 17.7 Å². The Morgan fingerprint density at radius 1 is 1.10 bits per heavy atom. The molecule has 0 saturated carbocycles. The summed E-state index contributed by atoms with van der Waals surface area (Å²) in [4.78, 5) is 32.0. The van der Waals surface area contributed by atoms with Gasteiger partial charge in [0.25, 0.3) is 0 Å². The predicted octanol–water partition coefficient (Wildman–Crippen LogP) is 1.46. The Morgan fingerprint density at radius 2 is 1.84 bits per heavy atom. The molecule has 166 valence electrons. The van der Waals surface area contributed by atoms with Gasteiger partial charge in [0, 0.05) is 38.3 Å². The van der Waals surface area contributed by atoms with E-state index in [1.165, 1.54) is 17.3 Å². The second-order valence-corrected chi connectivity index (χ2v) is 9.24. The quantitative estimate of drug-likeness (QED) is 0.518. The van der Waals surface area contributed by atoms with Crippen LogP contribution in [0.4, 0.5) is 0 Å². The van der Waals surface area contributed by atoms with Gasteiger partial charge in [-0.1, -0.05) is 42.1 Å². The molecule has 1 aromatic heterocycles. The van der Waals surface area contributed by atoms with Gasteiger partial charge in [-0.15, -0.1) is 0 Å². The molecule has 1 amide bonds. The molecule has 31 heavy (non-hydrogen) atoms. The maximum Gasteiger partial charge on any atom is 0.367 e. The molecule has 2 aromatic rings. The number of aromatic nitrogens is 2. The van der Waals surface area contributed by atoms with Crippen LogP contribution >= 0.6 is 11.8 Å². The van der Waals surface area contributed by atoms with Crippen molar-refractivity contribution in [2.45, 2.75) is 37.1 Å². The zero-order chi connectivity index (χ0) is 21.6. The minimum atomic E-state index is -0.211. The number of amides is 1. The average molecular weight is 442 g/mol. The van der Waals surface area contributed by atoms with Gasteiger partial charge < -0.3 is 15.2 Å². The van der Waals surface area contributed by atoms with Crippen LogP contribution in [0.2, 0.25) is 0 Å². The van der Waals surface area contributed by atoms with Crippen molar-refractivity contribution < 1.29 is 4.79 Å².